The van der Waals surface area contributed by atoms with E-state index in [4.69, 9.17) is 0 Å². The second kappa shape index (κ2) is 3.98. The van der Waals surface area contributed by atoms with Gasteiger partial charge in [0.2, 0.25) is 5.91 Å². The third-order valence-electron chi connectivity index (χ3n) is 2.39. The number of benzene rings is 1. The van der Waals surface area contributed by atoms with E-state index in [9.17, 15) is 4.79 Å². The summed E-state index contributed by atoms with van der Waals surface area (Å²) in [5.74, 6) is 0.704. The molecule has 0 aliphatic carbocycles. The summed E-state index contributed by atoms with van der Waals surface area (Å²) in [6, 6.07) is 7.96. The number of amides is 1. The summed E-state index contributed by atoms with van der Waals surface area (Å²) >= 11 is 1.52. The van der Waals surface area contributed by atoms with Crippen molar-refractivity contribution >= 4 is 45.5 Å². The van der Waals surface area contributed by atoms with E-state index in [0.717, 1.165) is 16.4 Å². The second-order valence-electron chi connectivity index (χ2n) is 3.29. The molecule has 0 unspecified atom stereocenters. The molecule has 0 atom stereocenters. The number of para-hydroxylation sites is 1. The number of nitrogens with zero attached hydrogens (tertiary/aromatic N) is 2. The monoisotopic (exact) mass is 284 g/mol. The number of fused-ring (bicyclic) bond motifs is 2. The summed E-state index contributed by atoms with van der Waals surface area (Å²) in [6.07, 6.45) is 0. The highest BCUT2D eigenvalue weighted by Crippen LogP contribution is 2.32. The Balaban J connectivity index is 0.000000853. The van der Waals surface area contributed by atoms with Crippen LogP contribution in [0, 0.1) is 0 Å². The topological polar surface area (TPSA) is 32.7 Å². The molecule has 0 N–H and O–H groups in total. The van der Waals surface area contributed by atoms with E-state index < -0.39 is 0 Å². The fraction of sp³-hybridized carbons (Fsp3) is 0.200. The van der Waals surface area contributed by atoms with Crippen LogP contribution in [0.5, 0.6) is 0 Å². The van der Waals surface area contributed by atoms with E-state index in [1.807, 2.05) is 24.3 Å². The third-order valence-corrected chi connectivity index (χ3v) is 3.35. The minimum Gasteiger partial charge on any atom is -0.286 e. The highest BCUT2D eigenvalue weighted by atomic mass is 79.9. The molecule has 0 bridgehead atoms. The molecule has 0 spiro atoms. The quantitative estimate of drug-likeness (QED) is 0.733. The molecular formula is C10H9BrN2OS. The van der Waals surface area contributed by atoms with Crippen molar-refractivity contribution < 1.29 is 4.79 Å². The van der Waals surface area contributed by atoms with Crippen molar-refractivity contribution in [1.29, 1.82) is 0 Å². The van der Waals surface area contributed by atoms with Crippen LogP contribution in [-0.4, -0.2) is 21.7 Å². The van der Waals surface area contributed by atoms with Gasteiger partial charge in [0, 0.05) is 0 Å². The van der Waals surface area contributed by atoms with Crippen molar-refractivity contribution in [3.63, 3.8) is 0 Å². The minimum atomic E-state index is 0. The third kappa shape index (κ3) is 1.70. The molecule has 1 aromatic carbocycles. The molecule has 1 amide bonds. The molecule has 5 heteroatoms. The zero-order valence-corrected chi connectivity index (χ0v) is 10.4. The predicted molar refractivity (Wildman–Crippen MR) is 66.9 cm³/mol. The molecule has 1 saturated heterocycles. The second-order valence-corrected chi connectivity index (χ2v) is 4.23. The van der Waals surface area contributed by atoms with E-state index in [1.165, 1.54) is 11.8 Å². The number of halogens is 1. The first-order chi connectivity index (χ1) is 6.84. The molecule has 15 heavy (non-hydrogen) atoms. The first kappa shape index (κ1) is 10.7. The van der Waals surface area contributed by atoms with E-state index in [2.05, 4.69) is 4.99 Å². The average molecular weight is 285 g/mol. The Kier molecular flexibility index (Phi) is 2.84. The van der Waals surface area contributed by atoms with Gasteiger partial charge in [-0.15, -0.1) is 17.0 Å². The molecule has 2 heterocycles. The molecule has 0 saturated carbocycles. The van der Waals surface area contributed by atoms with Crippen molar-refractivity contribution in [3.8, 4) is 0 Å². The Bertz CT molecular complexity index is 447. The number of hydrogen-bond donors (Lipinski definition) is 0. The van der Waals surface area contributed by atoms with Crippen LogP contribution >= 0.6 is 28.7 Å². The van der Waals surface area contributed by atoms with Crippen molar-refractivity contribution in [2.45, 2.75) is 6.54 Å². The van der Waals surface area contributed by atoms with Gasteiger partial charge >= 0.3 is 0 Å². The number of carbonyl (C=O) groups excluding carboxylic acids is 1. The number of thioether (sulfide) groups is 1. The van der Waals surface area contributed by atoms with Gasteiger partial charge in [0.1, 0.15) is 0 Å². The molecule has 3 rings (SSSR count). The number of amidine groups is 1. The largest absolute Gasteiger partial charge is 0.286 e. The van der Waals surface area contributed by atoms with Gasteiger partial charge in [-0.1, -0.05) is 30.0 Å². The lowest BCUT2D eigenvalue weighted by atomic mass is 10.1. The zero-order chi connectivity index (χ0) is 9.54. The maximum Gasteiger partial charge on any atom is 0.239 e. The summed E-state index contributed by atoms with van der Waals surface area (Å²) in [7, 11) is 0. The van der Waals surface area contributed by atoms with Gasteiger partial charge in [-0.25, -0.2) is 4.99 Å². The van der Waals surface area contributed by atoms with Gasteiger partial charge in [-0.3, -0.25) is 9.69 Å². The van der Waals surface area contributed by atoms with Gasteiger partial charge < -0.3 is 0 Å². The summed E-state index contributed by atoms with van der Waals surface area (Å²) in [6.45, 7) is 0.681. The van der Waals surface area contributed by atoms with Gasteiger partial charge in [0.25, 0.3) is 0 Å². The van der Waals surface area contributed by atoms with Crippen LogP contribution in [0.15, 0.2) is 29.3 Å². The molecule has 2 aliphatic rings. The summed E-state index contributed by atoms with van der Waals surface area (Å²) < 4.78 is 0. The smallest absolute Gasteiger partial charge is 0.239 e. The first-order valence-corrected chi connectivity index (χ1v) is 5.43. The lowest BCUT2D eigenvalue weighted by molar-refractivity contribution is -0.124. The SMILES string of the molecule is Br.O=C1CSC2=Nc3ccccc3CN12. The van der Waals surface area contributed by atoms with Crippen molar-refractivity contribution in [2.75, 3.05) is 5.75 Å². The lowest BCUT2D eigenvalue weighted by Gasteiger charge is -2.21. The molecule has 1 aromatic rings. The summed E-state index contributed by atoms with van der Waals surface area (Å²) in [4.78, 5) is 17.6. The van der Waals surface area contributed by atoms with Gasteiger partial charge in [-0.05, 0) is 11.6 Å². The van der Waals surface area contributed by atoms with E-state index >= 15 is 0 Å². The highest BCUT2D eigenvalue weighted by molar-refractivity contribution is 8.93. The van der Waals surface area contributed by atoms with E-state index in [1.54, 1.807) is 4.90 Å². The minimum absolute atomic E-state index is 0. The number of aliphatic imine (C=N–C) groups is 1. The Labute approximate surface area is 102 Å². The number of carbonyl (C=O) groups is 1. The fourth-order valence-electron chi connectivity index (χ4n) is 1.66. The maximum absolute atomic E-state index is 11.4. The zero-order valence-electron chi connectivity index (χ0n) is 7.84. The van der Waals surface area contributed by atoms with Crippen LogP contribution in [0.4, 0.5) is 5.69 Å². The molecule has 78 valence electrons. The Morgan fingerprint density at radius 2 is 2.13 bits per heavy atom. The maximum atomic E-state index is 11.4. The molecular weight excluding hydrogens is 276 g/mol. The van der Waals surface area contributed by atoms with Crippen LogP contribution in [0.25, 0.3) is 0 Å². The predicted octanol–water partition coefficient (Wildman–Crippen LogP) is 2.34. The fourth-order valence-corrected chi connectivity index (χ4v) is 2.56. The lowest BCUT2D eigenvalue weighted by Crippen LogP contribution is -2.30. The Hall–Kier alpha value is -0.810. The Morgan fingerprint density at radius 1 is 1.33 bits per heavy atom. The van der Waals surface area contributed by atoms with Crippen molar-refractivity contribution in [3.05, 3.63) is 29.8 Å². The standard InChI is InChI=1S/C10H8N2OS.BrH/c13-9-6-14-10-11-8-4-2-1-3-7(8)5-12(9)10;/h1-4H,5-6H2;1H. The van der Waals surface area contributed by atoms with Crippen LogP contribution < -0.4 is 0 Å². The van der Waals surface area contributed by atoms with Crippen LogP contribution in [0.1, 0.15) is 5.56 Å². The molecule has 1 fully saturated rings. The summed E-state index contributed by atoms with van der Waals surface area (Å²) in [5, 5.41) is 0.855. The van der Waals surface area contributed by atoms with Gasteiger partial charge in [0.05, 0.1) is 18.0 Å². The van der Waals surface area contributed by atoms with Crippen molar-refractivity contribution in [1.82, 2.24) is 4.90 Å². The van der Waals surface area contributed by atoms with E-state index in [-0.39, 0.29) is 22.9 Å². The number of rotatable bonds is 0. The summed E-state index contributed by atoms with van der Waals surface area (Å²) in [5.41, 5.74) is 2.13. The van der Waals surface area contributed by atoms with Gasteiger partial charge in [0.15, 0.2) is 5.17 Å². The highest BCUT2D eigenvalue weighted by Gasteiger charge is 2.31. The molecule has 3 nitrogen and oxygen atoms in total. The molecule has 2 aliphatic heterocycles. The molecule has 0 aromatic heterocycles. The average Bonchev–Trinajstić information content (AvgIpc) is 2.57. The van der Waals surface area contributed by atoms with E-state index in [0.29, 0.717) is 12.3 Å². The van der Waals surface area contributed by atoms with Crippen molar-refractivity contribution in [2.24, 2.45) is 4.99 Å². The van der Waals surface area contributed by atoms with Gasteiger partial charge in [-0.2, -0.15) is 0 Å². The Morgan fingerprint density at radius 3 is 3.00 bits per heavy atom. The van der Waals surface area contributed by atoms with Crippen LogP contribution in [0.3, 0.4) is 0 Å². The normalized spacial score (nSPS) is 17.7. The van der Waals surface area contributed by atoms with Crippen LogP contribution in [0.2, 0.25) is 0 Å². The van der Waals surface area contributed by atoms with Crippen LogP contribution in [-0.2, 0) is 11.3 Å². The number of hydrogen-bond acceptors (Lipinski definition) is 3. The molecule has 0 radical (unpaired) electrons. The first-order valence-electron chi connectivity index (χ1n) is 4.44.